The van der Waals surface area contributed by atoms with Crippen molar-refractivity contribution in [2.45, 2.75) is 30.2 Å². The molecule has 7 heteroatoms. The van der Waals surface area contributed by atoms with E-state index in [4.69, 9.17) is 4.74 Å². The lowest BCUT2D eigenvalue weighted by atomic mass is 10.0. The molecule has 0 atom stereocenters. The van der Waals surface area contributed by atoms with Gasteiger partial charge in [-0.2, -0.15) is 0 Å². The Morgan fingerprint density at radius 1 is 1.15 bits per heavy atom. The highest BCUT2D eigenvalue weighted by atomic mass is 32.2. The van der Waals surface area contributed by atoms with E-state index in [0.717, 1.165) is 18.4 Å². The van der Waals surface area contributed by atoms with Crippen LogP contribution in [0.25, 0.3) is 0 Å². The van der Waals surface area contributed by atoms with Gasteiger partial charge >= 0.3 is 0 Å². The predicted octanol–water partition coefficient (Wildman–Crippen LogP) is 2.34. The number of carbonyl (C=O) groups excluding carboxylic acids is 1. The highest BCUT2D eigenvalue weighted by molar-refractivity contribution is 7.92. The van der Waals surface area contributed by atoms with Gasteiger partial charge in [-0.05, 0) is 61.2 Å². The van der Waals surface area contributed by atoms with Gasteiger partial charge in [0.1, 0.15) is 5.75 Å². The summed E-state index contributed by atoms with van der Waals surface area (Å²) in [5.41, 5.74) is 1.95. The fourth-order valence-corrected chi connectivity index (χ4v) is 4.73. The van der Waals surface area contributed by atoms with Crippen molar-refractivity contribution in [1.82, 2.24) is 5.32 Å². The van der Waals surface area contributed by atoms with Crippen LogP contribution in [0.5, 0.6) is 5.75 Å². The molecular formula is C19H20N2O4S. The Bertz CT molecular complexity index is 950. The number of nitrogens with zero attached hydrogens (tertiary/aromatic N) is 1. The largest absolute Gasteiger partial charge is 0.497 e. The zero-order valence-corrected chi connectivity index (χ0v) is 15.3. The minimum atomic E-state index is -3.68. The summed E-state index contributed by atoms with van der Waals surface area (Å²) in [7, 11) is -2.15. The Morgan fingerprint density at radius 2 is 1.88 bits per heavy atom. The normalized spacial score (nSPS) is 16.3. The minimum Gasteiger partial charge on any atom is -0.497 e. The third kappa shape index (κ3) is 2.92. The molecule has 1 N–H and O–H groups in total. The number of amides is 1. The van der Waals surface area contributed by atoms with Gasteiger partial charge in [0, 0.05) is 18.2 Å². The molecule has 0 spiro atoms. The first kappa shape index (κ1) is 16.9. The van der Waals surface area contributed by atoms with Gasteiger partial charge in [-0.3, -0.25) is 9.10 Å². The standard InChI is InChI=1S/C19H20N2O4S/c1-25-14-7-9-15(10-8-14)26(23,24)21-12-11-16-17(3-2-4-18(16)21)19(22)20-13-5-6-13/h2-4,7-10,13H,5-6,11-12H2,1H3,(H,20,22). The molecule has 0 aromatic heterocycles. The van der Waals surface area contributed by atoms with Crippen molar-refractivity contribution in [3.8, 4) is 5.75 Å². The van der Waals surface area contributed by atoms with Crippen LogP contribution in [0.4, 0.5) is 5.69 Å². The summed E-state index contributed by atoms with van der Waals surface area (Å²) in [5, 5.41) is 2.98. The Labute approximate surface area is 152 Å². The SMILES string of the molecule is COc1ccc(S(=O)(=O)N2CCc3c(C(=O)NC4CC4)cccc32)cc1. The maximum Gasteiger partial charge on any atom is 0.264 e. The Morgan fingerprint density at radius 3 is 2.54 bits per heavy atom. The molecule has 4 rings (SSSR count). The molecule has 136 valence electrons. The average molecular weight is 372 g/mol. The molecule has 2 aromatic rings. The fourth-order valence-electron chi connectivity index (χ4n) is 3.23. The second-order valence-electron chi connectivity index (χ2n) is 6.55. The molecular weight excluding hydrogens is 352 g/mol. The molecule has 1 aliphatic carbocycles. The second kappa shape index (κ2) is 6.32. The van der Waals surface area contributed by atoms with Gasteiger partial charge in [-0.15, -0.1) is 0 Å². The van der Waals surface area contributed by atoms with E-state index in [1.54, 1.807) is 30.3 Å². The number of methoxy groups -OCH3 is 1. The summed E-state index contributed by atoms with van der Waals surface area (Å²) >= 11 is 0. The lowest BCUT2D eigenvalue weighted by Crippen LogP contribution is -2.29. The van der Waals surface area contributed by atoms with Gasteiger partial charge < -0.3 is 10.1 Å². The van der Waals surface area contributed by atoms with Crippen LogP contribution in [0.3, 0.4) is 0 Å². The number of benzene rings is 2. The number of hydrogen-bond donors (Lipinski definition) is 1. The summed E-state index contributed by atoms with van der Waals surface area (Å²) in [5.74, 6) is 0.484. The van der Waals surface area contributed by atoms with Crippen LogP contribution >= 0.6 is 0 Å². The Hall–Kier alpha value is -2.54. The number of anilines is 1. The van der Waals surface area contributed by atoms with E-state index in [2.05, 4.69) is 5.32 Å². The molecule has 2 aromatic carbocycles. The van der Waals surface area contributed by atoms with Crippen LogP contribution in [0.1, 0.15) is 28.8 Å². The quantitative estimate of drug-likeness (QED) is 0.874. The number of sulfonamides is 1. The second-order valence-corrected chi connectivity index (χ2v) is 8.42. The first-order valence-corrected chi connectivity index (χ1v) is 10.0. The Balaban J connectivity index is 1.67. The van der Waals surface area contributed by atoms with Gasteiger partial charge in [0.2, 0.25) is 0 Å². The van der Waals surface area contributed by atoms with Crippen LogP contribution < -0.4 is 14.4 Å². The lowest BCUT2D eigenvalue weighted by molar-refractivity contribution is 0.0950. The van der Waals surface area contributed by atoms with Gasteiger partial charge in [0.05, 0.1) is 17.7 Å². The van der Waals surface area contributed by atoms with E-state index in [1.807, 2.05) is 0 Å². The summed E-state index contributed by atoms with van der Waals surface area (Å²) < 4.78 is 32.6. The molecule has 1 saturated carbocycles. The van der Waals surface area contributed by atoms with Crippen molar-refractivity contribution in [3.05, 3.63) is 53.6 Å². The zero-order valence-electron chi connectivity index (χ0n) is 14.4. The number of ether oxygens (including phenoxy) is 1. The van der Waals surface area contributed by atoms with E-state index in [9.17, 15) is 13.2 Å². The molecule has 26 heavy (non-hydrogen) atoms. The topological polar surface area (TPSA) is 75.7 Å². The number of rotatable bonds is 5. The maximum absolute atomic E-state index is 13.1. The first-order valence-electron chi connectivity index (χ1n) is 8.60. The van der Waals surface area contributed by atoms with Crippen LogP contribution in [0, 0.1) is 0 Å². The summed E-state index contributed by atoms with van der Waals surface area (Å²) in [4.78, 5) is 12.7. The summed E-state index contributed by atoms with van der Waals surface area (Å²) in [6, 6.07) is 11.9. The lowest BCUT2D eigenvalue weighted by Gasteiger charge is -2.20. The molecule has 1 aliphatic heterocycles. The van der Waals surface area contributed by atoms with Crippen molar-refractivity contribution >= 4 is 21.6 Å². The third-order valence-corrected chi connectivity index (χ3v) is 6.62. The van der Waals surface area contributed by atoms with Crippen molar-refractivity contribution in [1.29, 1.82) is 0 Å². The molecule has 0 radical (unpaired) electrons. The van der Waals surface area contributed by atoms with Gasteiger partial charge in [-0.25, -0.2) is 8.42 Å². The highest BCUT2D eigenvalue weighted by Crippen LogP contribution is 2.35. The predicted molar refractivity (Wildman–Crippen MR) is 98.2 cm³/mol. The van der Waals surface area contributed by atoms with E-state index in [-0.39, 0.29) is 16.8 Å². The third-order valence-electron chi connectivity index (χ3n) is 4.79. The van der Waals surface area contributed by atoms with Crippen molar-refractivity contribution in [2.75, 3.05) is 18.0 Å². The zero-order chi connectivity index (χ0) is 18.3. The molecule has 0 bridgehead atoms. The number of fused-ring (bicyclic) bond motifs is 1. The molecule has 1 fully saturated rings. The smallest absolute Gasteiger partial charge is 0.264 e. The minimum absolute atomic E-state index is 0.118. The van der Waals surface area contributed by atoms with E-state index >= 15 is 0 Å². The number of hydrogen-bond acceptors (Lipinski definition) is 4. The number of carbonyl (C=O) groups is 1. The van der Waals surface area contributed by atoms with Crippen molar-refractivity contribution in [2.24, 2.45) is 0 Å². The molecule has 0 unspecified atom stereocenters. The molecule has 1 amide bonds. The molecule has 2 aliphatic rings. The van der Waals surface area contributed by atoms with Gasteiger partial charge in [0.25, 0.3) is 15.9 Å². The van der Waals surface area contributed by atoms with Crippen LogP contribution in [0.2, 0.25) is 0 Å². The van der Waals surface area contributed by atoms with Crippen molar-refractivity contribution < 1.29 is 17.9 Å². The summed E-state index contributed by atoms with van der Waals surface area (Å²) in [6.45, 7) is 0.331. The van der Waals surface area contributed by atoms with Crippen LogP contribution in [-0.4, -0.2) is 34.0 Å². The fraction of sp³-hybridized carbons (Fsp3) is 0.316. The van der Waals surface area contributed by atoms with Crippen LogP contribution in [-0.2, 0) is 16.4 Å². The monoisotopic (exact) mass is 372 g/mol. The molecule has 6 nitrogen and oxygen atoms in total. The van der Waals surface area contributed by atoms with Crippen LogP contribution in [0.15, 0.2) is 47.4 Å². The number of nitrogens with one attached hydrogen (secondary N) is 1. The Kier molecular flexibility index (Phi) is 4.11. The maximum atomic E-state index is 13.1. The molecule has 0 saturated heterocycles. The summed E-state index contributed by atoms with van der Waals surface area (Å²) in [6.07, 6.45) is 2.55. The highest BCUT2D eigenvalue weighted by Gasteiger charge is 2.34. The van der Waals surface area contributed by atoms with E-state index in [1.165, 1.54) is 23.5 Å². The first-order chi connectivity index (χ1) is 12.5. The molecule has 1 heterocycles. The average Bonchev–Trinajstić information content (AvgIpc) is 3.35. The van der Waals surface area contributed by atoms with Gasteiger partial charge in [-0.1, -0.05) is 6.07 Å². The van der Waals surface area contributed by atoms with E-state index < -0.39 is 10.0 Å². The van der Waals surface area contributed by atoms with Crippen molar-refractivity contribution in [3.63, 3.8) is 0 Å². The van der Waals surface area contributed by atoms with Gasteiger partial charge in [0.15, 0.2) is 0 Å². The van der Waals surface area contributed by atoms with E-state index in [0.29, 0.717) is 30.0 Å².